The number of rotatable bonds is 9. The maximum absolute atomic E-state index is 13.4. The van der Waals surface area contributed by atoms with Crippen molar-refractivity contribution in [1.82, 2.24) is 4.98 Å². The van der Waals surface area contributed by atoms with E-state index in [0.29, 0.717) is 34.9 Å². The number of methoxy groups -OCH3 is 1. The van der Waals surface area contributed by atoms with Gasteiger partial charge in [-0.2, -0.15) is 0 Å². The summed E-state index contributed by atoms with van der Waals surface area (Å²) < 4.78 is 16.0. The number of aryl methyl sites for hydroxylation is 1. The molecule has 1 amide bonds. The van der Waals surface area contributed by atoms with Crippen LogP contribution in [0.3, 0.4) is 0 Å². The van der Waals surface area contributed by atoms with E-state index in [-0.39, 0.29) is 27.9 Å². The lowest BCUT2D eigenvalue weighted by atomic mass is 9.95. The number of carbonyl (C=O) groups is 3. The van der Waals surface area contributed by atoms with Crippen molar-refractivity contribution >= 4 is 39.9 Å². The molecule has 1 atom stereocenters. The second-order valence-corrected chi connectivity index (χ2v) is 9.42. The molecular weight excluding hydrogens is 508 g/mol. The zero-order valence-electron chi connectivity index (χ0n) is 21.5. The Morgan fingerprint density at radius 1 is 1.05 bits per heavy atom. The van der Waals surface area contributed by atoms with Crippen LogP contribution in [0, 0.1) is 6.92 Å². The van der Waals surface area contributed by atoms with Crippen molar-refractivity contribution in [2.45, 2.75) is 33.2 Å². The molecule has 9 nitrogen and oxygen atoms in total. The highest BCUT2D eigenvalue weighted by molar-refractivity contribution is 7.17. The molecule has 1 aliphatic rings. The summed E-state index contributed by atoms with van der Waals surface area (Å²) in [5.74, 6) is -1.40. The summed E-state index contributed by atoms with van der Waals surface area (Å²) in [4.78, 5) is 45.1. The van der Waals surface area contributed by atoms with Gasteiger partial charge in [-0.05, 0) is 62.2 Å². The number of carbonyl (C=O) groups excluding carboxylic acids is 3. The van der Waals surface area contributed by atoms with E-state index in [1.54, 1.807) is 62.4 Å². The van der Waals surface area contributed by atoms with Crippen molar-refractivity contribution < 1.29 is 33.7 Å². The van der Waals surface area contributed by atoms with E-state index in [2.05, 4.69) is 4.98 Å². The number of aliphatic hydroxyl groups is 1. The first-order valence-corrected chi connectivity index (χ1v) is 12.9. The molecule has 1 unspecified atom stereocenters. The van der Waals surface area contributed by atoms with Gasteiger partial charge in [0.2, 0.25) is 0 Å². The topological polar surface area (TPSA) is 115 Å². The van der Waals surface area contributed by atoms with E-state index >= 15 is 0 Å². The minimum absolute atomic E-state index is 0.0899. The first-order valence-electron chi connectivity index (χ1n) is 12.1. The molecule has 10 heteroatoms. The van der Waals surface area contributed by atoms with Crippen molar-refractivity contribution in [2.24, 2.45) is 0 Å². The lowest BCUT2D eigenvalue weighted by Crippen LogP contribution is -2.29. The molecule has 198 valence electrons. The monoisotopic (exact) mass is 536 g/mol. The molecular formula is C28H28N2O7S. The second kappa shape index (κ2) is 11.5. The molecule has 1 aromatic heterocycles. The number of ether oxygens (including phenoxy) is 3. The van der Waals surface area contributed by atoms with Gasteiger partial charge in [-0.25, -0.2) is 9.78 Å². The molecule has 1 fully saturated rings. The number of aliphatic hydroxyl groups excluding tert-OH is 1. The number of Topliss-reactive ketones (excluding diaryl/α,β-unsaturated/α-hetero) is 1. The molecule has 2 heterocycles. The fraction of sp³-hybridized carbons (Fsp3) is 0.286. The number of anilines is 1. The highest BCUT2D eigenvalue weighted by Crippen LogP contribution is 2.44. The Bertz CT molecular complexity index is 1380. The van der Waals surface area contributed by atoms with Crippen molar-refractivity contribution in [3.05, 3.63) is 75.8 Å². The van der Waals surface area contributed by atoms with Crippen LogP contribution in [0.4, 0.5) is 5.13 Å². The Kier molecular flexibility index (Phi) is 8.11. The maximum atomic E-state index is 13.4. The van der Waals surface area contributed by atoms with Crippen LogP contribution in [0.1, 0.15) is 52.8 Å². The molecule has 4 rings (SSSR count). The predicted molar refractivity (Wildman–Crippen MR) is 143 cm³/mol. The van der Waals surface area contributed by atoms with Gasteiger partial charge in [-0.15, -0.1) is 0 Å². The molecule has 38 heavy (non-hydrogen) atoms. The smallest absolute Gasteiger partial charge is 0.350 e. The number of nitrogens with zero attached hydrogens (tertiary/aromatic N) is 2. The number of esters is 1. The van der Waals surface area contributed by atoms with Gasteiger partial charge < -0.3 is 19.3 Å². The maximum Gasteiger partial charge on any atom is 0.350 e. The molecule has 0 radical (unpaired) electrons. The molecule has 2 aromatic carbocycles. The zero-order valence-corrected chi connectivity index (χ0v) is 22.3. The number of amides is 1. The molecule has 3 aromatic rings. The Hall–Kier alpha value is -4.18. The number of thiazole rings is 1. The third-order valence-electron chi connectivity index (χ3n) is 5.93. The summed E-state index contributed by atoms with van der Waals surface area (Å²) in [5, 5.41) is 11.4. The van der Waals surface area contributed by atoms with E-state index in [0.717, 1.165) is 17.8 Å². The number of hydrogen-bond acceptors (Lipinski definition) is 9. The van der Waals surface area contributed by atoms with Gasteiger partial charge in [0.1, 0.15) is 22.1 Å². The summed E-state index contributed by atoms with van der Waals surface area (Å²) in [5.41, 5.74) is 1.20. The van der Waals surface area contributed by atoms with Gasteiger partial charge in [0.05, 0.1) is 37.6 Å². The van der Waals surface area contributed by atoms with E-state index in [4.69, 9.17) is 14.2 Å². The molecule has 0 aliphatic carbocycles. The highest BCUT2D eigenvalue weighted by Gasteiger charge is 2.48. The molecule has 1 aliphatic heterocycles. The molecule has 0 spiro atoms. The fourth-order valence-electron chi connectivity index (χ4n) is 4.09. The average molecular weight is 537 g/mol. The number of hydrogen-bond donors (Lipinski definition) is 1. The van der Waals surface area contributed by atoms with Gasteiger partial charge in [0.25, 0.3) is 5.78 Å². The van der Waals surface area contributed by atoms with Crippen LogP contribution in [0.25, 0.3) is 5.76 Å². The average Bonchev–Trinajstić information content (AvgIpc) is 3.44. The number of ketones is 1. The highest BCUT2D eigenvalue weighted by atomic mass is 32.1. The molecule has 0 bridgehead atoms. The SMILES string of the molecule is CCCOc1ccc(C2/C(=C(/O)c3ccc(OC)cc3)C(=O)C(=O)N2c2nc(C)c(C(=O)OCC)s2)cc1. The van der Waals surface area contributed by atoms with Crippen LogP contribution in [0.15, 0.2) is 54.1 Å². The standard InChI is InChI=1S/C28H28N2O7S/c1-5-15-37-20-13-7-17(8-14-20)22-21(23(31)18-9-11-19(35-4)12-10-18)24(32)26(33)30(22)28-29-16(3)25(38-28)27(34)36-6-2/h7-14,22,31H,5-6,15H2,1-4H3/b23-21-. The van der Waals surface area contributed by atoms with Crippen molar-refractivity contribution in [2.75, 3.05) is 25.2 Å². The lowest BCUT2D eigenvalue weighted by molar-refractivity contribution is -0.132. The Morgan fingerprint density at radius 3 is 2.32 bits per heavy atom. The third kappa shape index (κ3) is 5.12. The fourth-order valence-corrected chi connectivity index (χ4v) is 5.07. The van der Waals surface area contributed by atoms with Gasteiger partial charge in [0, 0.05) is 5.56 Å². The van der Waals surface area contributed by atoms with Crippen LogP contribution >= 0.6 is 11.3 Å². The summed E-state index contributed by atoms with van der Waals surface area (Å²) in [6, 6.07) is 12.5. The van der Waals surface area contributed by atoms with E-state index in [1.807, 2.05) is 6.92 Å². The van der Waals surface area contributed by atoms with E-state index < -0.39 is 23.7 Å². The number of aromatic nitrogens is 1. The van der Waals surface area contributed by atoms with Crippen LogP contribution in [-0.2, 0) is 14.3 Å². The van der Waals surface area contributed by atoms with Crippen molar-refractivity contribution in [3.8, 4) is 11.5 Å². The van der Waals surface area contributed by atoms with Gasteiger partial charge in [0.15, 0.2) is 5.13 Å². The largest absolute Gasteiger partial charge is 0.507 e. The van der Waals surface area contributed by atoms with Gasteiger partial charge in [-0.1, -0.05) is 30.4 Å². The Labute approximate surface area is 224 Å². The normalized spacial score (nSPS) is 16.5. The molecule has 1 saturated heterocycles. The Balaban J connectivity index is 1.86. The Morgan fingerprint density at radius 2 is 1.71 bits per heavy atom. The number of benzene rings is 2. The van der Waals surface area contributed by atoms with E-state index in [9.17, 15) is 19.5 Å². The summed E-state index contributed by atoms with van der Waals surface area (Å²) in [7, 11) is 1.52. The zero-order chi connectivity index (χ0) is 27.4. The van der Waals surface area contributed by atoms with Crippen LogP contribution in [-0.4, -0.2) is 48.1 Å². The summed E-state index contributed by atoms with van der Waals surface area (Å²) in [6.45, 7) is 6.06. The summed E-state index contributed by atoms with van der Waals surface area (Å²) >= 11 is 0.960. The molecule has 1 N–H and O–H groups in total. The van der Waals surface area contributed by atoms with Crippen LogP contribution in [0.2, 0.25) is 0 Å². The van der Waals surface area contributed by atoms with Crippen molar-refractivity contribution in [1.29, 1.82) is 0 Å². The first kappa shape index (κ1) is 26.9. The first-order chi connectivity index (χ1) is 18.3. The van der Waals surface area contributed by atoms with Crippen LogP contribution < -0.4 is 14.4 Å². The van der Waals surface area contributed by atoms with E-state index in [1.165, 1.54) is 12.0 Å². The predicted octanol–water partition coefficient (Wildman–Crippen LogP) is 5.05. The van der Waals surface area contributed by atoms with Crippen molar-refractivity contribution in [3.63, 3.8) is 0 Å². The van der Waals surface area contributed by atoms with Gasteiger partial charge >= 0.3 is 11.9 Å². The minimum atomic E-state index is -0.988. The second-order valence-electron chi connectivity index (χ2n) is 8.45. The minimum Gasteiger partial charge on any atom is -0.507 e. The summed E-state index contributed by atoms with van der Waals surface area (Å²) in [6.07, 6.45) is 0.843. The molecule has 0 saturated carbocycles. The van der Waals surface area contributed by atoms with Crippen LogP contribution in [0.5, 0.6) is 11.5 Å². The van der Waals surface area contributed by atoms with Gasteiger partial charge in [-0.3, -0.25) is 14.5 Å². The quantitative estimate of drug-likeness (QED) is 0.175. The lowest BCUT2D eigenvalue weighted by Gasteiger charge is -2.23. The third-order valence-corrected chi connectivity index (χ3v) is 7.07.